The second-order valence-corrected chi connectivity index (χ2v) is 12.6. The van der Waals surface area contributed by atoms with Crippen LogP contribution in [0.4, 0.5) is 10.5 Å². The fourth-order valence-corrected chi connectivity index (χ4v) is 7.40. The average molecular weight is 727 g/mol. The molecule has 238 valence electrons. The molecule has 2 N–H and O–H groups in total. The molecule has 1 aromatic heterocycles. The Kier molecular flexibility index (Phi) is 10.1. The van der Waals surface area contributed by atoms with Crippen LogP contribution in [-0.4, -0.2) is 71.1 Å². The highest BCUT2D eigenvalue weighted by Gasteiger charge is 2.41. The first-order valence-electron chi connectivity index (χ1n) is 14.6. The summed E-state index contributed by atoms with van der Waals surface area (Å²) >= 11 is 2.54. The van der Waals surface area contributed by atoms with E-state index in [1.165, 1.54) is 5.56 Å². The number of ether oxygens (including phenoxy) is 5. The summed E-state index contributed by atoms with van der Waals surface area (Å²) in [5.74, 6) is 3.11. The van der Waals surface area contributed by atoms with Gasteiger partial charge in [0.1, 0.15) is 3.55 Å². The summed E-state index contributed by atoms with van der Waals surface area (Å²) in [5.41, 5.74) is 5.74. The number of hydrogen-bond acceptors (Lipinski definition) is 8. The minimum atomic E-state index is -0.494. The quantitative estimate of drug-likeness (QED) is 0.109. The Balaban J connectivity index is 1.42. The second-order valence-electron chi connectivity index (χ2n) is 10.8. The van der Waals surface area contributed by atoms with Gasteiger partial charge in [0.2, 0.25) is 5.75 Å². The monoisotopic (exact) mass is 726 g/mol. The van der Waals surface area contributed by atoms with Crippen LogP contribution in [0.1, 0.15) is 22.4 Å². The van der Waals surface area contributed by atoms with Crippen LogP contribution in [0.5, 0.6) is 28.7 Å². The van der Waals surface area contributed by atoms with Gasteiger partial charge in [-0.3, -0.25) is 9.88 Å². The number of anilines is 1. The number of methoxy groups -OCH3 is 5. The normalized spacial score (nSPS) is 16.1. The molecule has 0 fully saturated rings. The van der Waals surface area contributed by atoms with Gasteiger partial charge < -0.3 is 34.3 Å². The largest absolute Gasteiger partial charge is 0.493 e. The van der Waals surface area contributed by atoms with E-state index < -0.39 is 3.55 Å². The van der Waals surface area contributed by atoms with E-state index in [1.807, 2.05) is 49.4 Å². The number of alkyl halides is 1. The maximum Gasteiger partial charge on any atom is 0.319 e. The number of aromatic nitrogens is 1. The summed E-state index contributed by atoms with van der Waals surface area (Å²) in [6.07, 6.45) is 1.45. The fourth-order valence-electron chi connectivity index (χ4n) is 5.97. The number of carbonyl (C=O) groups excluding carboxylic acids is 1. The van der Waals surface area contributed by atoms with Crippen LogP contribution in [0, 0.1) is 6.92 Å². The first-order chi connectivity index (χ1) is 21.7. The van der Waals surface area contributed by atoms with Crippen LogP contribution >= 0.6 is 22.6 Å². The van der Waals surface area contributed by atoms with Gasteiger partial charge in [0.25, 0.3) is 0 Å². The third kappa shape index (κ3) is 6.69. The topological polar surface area (TPSA) is 103 Å². The maximum absolute atomic E-state index is 13.1. The molecule has 0 spiro atoms. The lowest BCUT2D eigenvalue weighted by molar-refractivity contribution is 0.168. The van der Waals surface area contributed by atoms with Crippen LogP contribution in [0.15, 0.2) is 54.6 Å². The number of carbonyl (C=O) groups is 1. The molecule has 0 saturated heterocycles. The molecule has 1 aliphatic rings. The highest BCUT2D eigenvalue weighted by molar-refractivity contribution is 14.1. The minimum absolute atomic E-state index is 0.266. The Labute approximate surface area is 277 Å². The molecule has 0 radical (unpaired) electrons. The van der Waals surface area contributed by atoms with Gasteiger partial charge in [0.15, 0.2) is 23.0 Å². The summed E-state index contributed by atoms with van der Waals surface area (Å²) in [7, 11) is 8.13. The third-order valence-corrected chi connectivity index (χ3v) is 9.74. The van der Waals surface area contributed by atoms with Gasteiger partial charge in [-0.2, -0.15) is 0 Å². The average Bonchev–Trinajstić information content (AvgIpc) is 3.04. The number of urea groups is 1. The van der Waals surface area contributed by atoms with Crippen molar-refractivity contribution in [2.45, 2.75) is 23.3 Å². The Morgan fingerprint density at radius 2 is 1.58 bits per heavy atom. The summed E-state index contributed by atoms with van der Waals surface area (Å²) in [5, 5.41) is 6.98. The predicted molar refractivity (Wildman–Crippen MR) is 184 cm³/mol. The van der Waals surface area contributed by atoms with Crippen LogP contribution in [0.3, 0.4) is 0 Å². The van der Waals surface area contributed by atoms with Crippen molar-refractivity contribution in [2.24, 2.45) is 0 Å². The molecular formula is C34H39IN4O6. The van der Waals surface area contributed by atoms with E-state index in [0.717, 1.165) is 46.4 Å². The lowest BCUT2D eigenvalue weighted by Gasteiger charge is -2.45. The summed E-state index contributed by atoms with van der Waals surface area (Å²) in [6.45, 7) is 3.76. The first kappa shape index (κ1) is 32.4. The van der Waals surface area contributed by atoms with Gasteiger partial charge in [-0.15, -0.1) is 0 Å². The van der Waals surface area contributed by atoms with Crippen LogP contribution in [-0.2, 0) is 16.4 Å². The van der Waals surface area contributed by atoms with Gasteiger partial charge in [0.05, 0.1) is 46.8 Å². The number of pyridine rings is 1. The molecule has 1 aliphatic heterocycles. The summed E-state index contributed by atoms with van der Waals surface area (Å²) in [6, 6.07) is 17.5. The first-order valence-corrected chi connectivity index (χ1v) is 15.7. The molecule has 0 aliphatic carbocycles. The summed E-state index contributed by atoms with van der Waals surface area (Å²) < 4.78 is 27.7. The number of fused-ring (bicyclic) bond motifs is 2. The van der Waals surface area contributed by atoms with E-state index in [2.05, 4.69) is 55.2 Å². The van der Waals surface area contributed by atoms with Crippen molar-refractivity contribution < 1.29 is 28.5 Å². The van der Waals surface area contributed by atoms with E-state index in [-0.39, 0.29) is 6.03 Å². The standard InChI is InChI=1S/C34H39IN4O6/c1-21-15-27(24-9-7-8-10-26(24)37-21)38-33(40)36-12-14-39-13-11-23-18-28(41-2)29(42-3)19-25(23)34(39,35)20-22-16-30(43-4)32(45-6)31(17-22)44-5/h7-10,15-19H,11-14,20H2,1-6H3,(H2,36,37,38,40). The van der Waals surface area contributed by atoms with Gasteiger partial charge >= 0.3 is 6.03 Å². The molecule has 4 aromatic rings. The number of hydrogen-bond donors (Lipinski definition) is 2. The Morgan fingerprint density at radius 3 is 2.24 bits per heavy atom. The highest BCUT2D eigenvalue weighted by atomic mass is 127. The molecule has 1 atom stereocenters. The maximum atomic E-state index is 13.1. The SMILES string of the molecule is COc1cc2c(cc1OC)C(I)(Cc1cc(OC)c(OC)c(OC)c1)N(CCNC(=O)Nc1cc(C)nc3ccccc13)CC2. The Morgan fingerprint density at radius 1 is 0.911 bits per heavy atom. The second kappa shape index (κ2) is 14.0. The van der Waals surface area contributed by atoms with Crippen molar-refractivity contribution in [2.75, 3.05) is 60.5 Å². The van der Waals surface area contributed by atoms with E-state index in [0.29, 0.717) is 48.3 Å². The van der Waals surface area contributed by atoms with E-state index in [9.17, 15) is 4.79 Å². The molecular weight excluding hydrogens is 687 g/mol. The molecule has 45 heavy (non-hydrogen) atoms. The minimum Gasteiger partial charge on any atom is -0.493 e. The number of benzene rings is 3. The Bertz CT molecular complexity index is 1670. The molecule has 0 bridgehead atoms. The zero-order valence-electron chi connectivity index (χ0n) is 26.5. The molecule has 2 heterocycles. The lowest BCUT2D eigenvalue weighted by Crippen LogP contribution is -2.50. The van der Waals surface area contributed by atoms with Crippen molar-refractivity contribution in [3.63, 3.8) is 0 Å². The number of nitrogens with one attached hydrogen (secondary N) is 2. The fraction of sp³-hybridized carbons (Fsp3) is 0.353. The van der Waals surface area contributed by atoms with Crippen molar-refractivity contribution in [3.05, 3.63) is 77.0 Å². The van der Waals surface area contributed by atoms with Crippen molar-refractivity contribution in [1.82, 2.24) is 15.2 Å². The molecule has 2 amide bonds. The van der Waals surface area contributed by atoms with E-state index in [4.69, 9.17) is 23.7 Å². The number of amides is 2. The van der Waals surface area contributed by atoms with E-state index >= 15 is 0 Å². The summed E-state index contributed by atoms with van der Waals surface area (Å²) in [4.78, 5) is 20.1. The molecule has 3 aromatic carbocycles. The van der Waals surface area contributed by atoms with Gasteiger partial charge in [0, 0.05) is 37.1 Å². The van der Waals surface area contributed by atoms with Crippen LogP contribution < -0.4 is 34.3 Å². The predicted octanol–water partition coefficient (Wildman–Crippen LogP) is 6.10. The Hall–Kier alpha value is -3.97. The van der Waals surface area contributed by atoms with Crippen LogP contribution in [0.25, 0.3) is 10.9 Å². The zero-order valence-corrected chi connectivity index (χ0v) is 28.6. The molecule has 10 nitrogen and oxygen atoms in total. The van der Waals surface area contributed by atoms with Crippen LogP contribution in [0.2, 0.25) is 0 Å². The number of rotatable bonds is 11. The van der Waals surface area contributed by atoms with Gasteiger partial charge in [-0.05, 0) is 66.4 Å². The number of nitrogens with zero attached hydrogens (tertiary/aromatic N) is 2. The molecule has 11 heteroatoms. The smallest absolute Gasteiger partial charge is 0.319 e. The van der Waals surface area contributed by atoms with Crippen molar-refractivity contribution >= 4 is 45.2 Å². The number of aryl methyl sites for hydroxylation is 1. The van der Waals surface area contributed by atoms with Crippen molar-refractivity contribution in [3.8, 4) is 28.7 Å². The third-order valence-electron chi connectivity index (χ3n) is 8.10. The van der Waals surface area contributed by atoms with Gasteiger partial charge in [-0.25, -0.2) is 4.79 Å². The van der Waals surface area contributed by atoms with E-state index in [1.54, 1.807) is 35.5 Å². The molecule has 5 rings (SSSR count). The molecule has 0 saturated carbocycles. The highest BCUT2D eigenvalue weighted by Crippen LogP contribution is 2.48. The van der Waals surface area contributed by atoms with Crippen molar-refractivity contribution in [1.29, 1.82) is 0 Å². The lowest BCUT2D eigenvalue weighted by atomic mass is 9.87. The number of para-hydroxylation sites is 1. The molecule has 1 unspecified atom stereocenters. The van der Waals surface area contributed by atoms with Gasteiger partial charge in [-0.1, -0.05) is 40.8 Å². The number of halogens is 1. The zero-order chi connectivity index (χ0) is 32.1.